The number of nitrogens with zero attached hydrogens (tertiary/aromatic N) is 2. The summed E-state index contributed by atoms with van der Waals surface area (Å²) >= 11 is 0. The number of nitro groups is 1. The van der Waals surface area contributed by atoms with E-state index in [2.05, 4.69) is 0 Å². The zero-order valence-corrected chi connectivity index (χ0v) is 11.3. The first-order valence-electron chi connectivity index (χ1n) is 5.88. The molecule has 0 unspecified atom stereocenters. The van der Waals surface area contributed by atoms with Gasteiger partial charge in [-0.15, -0.1) is 0 Å². The lowest BCUT2D eigenvalue weighted by Gasteiger charge is -2.28. The van der Waals surface area contributed by atoms with Crippen molar-refractivity contribution in [3.05, 3.63) is 33.9 Å². The van der Waals surface area contributed by atoms with Crippen LogP contribution in [0.15, 0.2) is 18.2 Å². The molecule has 7 heteroatoms. The second kappa shape index (κ2) is 5.48. The number of benzene rings is 1. The molecule has 0 bridgehead atoms. The summed E-state index contributed by atoms with van der Waals surface area (Å²) in [6.45, 7) is 2.54. The number of hydrogen-bond acceptors (Lipinski definition) is 5. The van der Waals surface area contributed by atoms with Crippen LogP contribution in [0.3, 0.4) is 0 Å². The van der Waals surface area contributed by atoms with E-state index >= 15 is 0 Å². The summed E-state index contributed by atoms with van der Waals surface area (Å²) in [7, 11) is -0.790. The molecule has 102 valence electrons. The molecular formula is C12H14N2O4S. The topological polar surface area (TPSA) is 80.5 Å². The van der Waals surface area contributed by atoms with Crippen LogP contribution < -0.4 is 4.90 Å². The Hall–Kier alpha value is -1.76. The second-order valence-corrected chi connectivity index (χ2v) is 6.05. The van der Waals surface area contributed by atoms with Crippen molar-refractivity contribution in [2.45, 2.75) is 6.92 Å². The number of rotatable bonds is 3. The van der Waals surface area contributed by atoms with Gasteiger partial charge in [-0.3, -0.25) is 19.1 Å². The van der Waals surface area contributed by atoms with E-state index in [-0.39, 0.29) is 17.0 Å². The smallest absolute Gasteiger partial charge is 0.282 e. The molecule has 2 rings (SSSR count). The van der Waals surface area contributed by atoms with E-state index < -0.39 is 15.7 Å². The molecule has 1 aromatic carbocycles. The van der Waals surface area contributed by atoms with Crippen LogP contribution in [0.5, 0.6) is 0 Å². The quantitative estimate of drug-likeness (QED) is 0.475. The lowest BCUT2D eigenvalue weighted by Crippen LogP contribution is -2.37. The molecule has 0 amide bonds. The van der Waals surface area contributed by atoms with Crippen molar-refractivity contribution in [2.75, 3.05) is 29.5 Å². The fraction of sp³-hybridized carbons (Fsp3) is 0.417. The zero-order valence-electron chi connectivity index (χ0n) is 10.5. The summed E-state index contributed by atoms with van der Waals surface area (Å²) in [4.78, 5) is 23.8. The van der Waals surface area contributed by atoms with Gasteiger partial charge in [0.25, 0.3) is 5.69 Å². The number of ketones is 1. The van der Waals surface area contributed by atoms with Gasteiger partial charge in [0.1, 0.15) is 0 Å². The zero-order chi connectivity index (χ0) is 14.0. The predicted molar refractivity (Wildman–Crippen MR) is 73.2 cm³/mol. The van der Waals surface area contributed by atoms with E-state index in [0.29, 0.717) is 30.3 Å². The normalized spacial score (nSPS) is 16.4. The van der Waals surface area contributed by atoms with Gasteiger partial charge < -0.3 is 4.90 Å². The van der Waals surface area contributed by atoms with Gasteiger partial charge in [0, 0.05) is 47.1 Å². The fourth-order valence-corrected chi connectivity index (χ4v) is 3.11. The lowest BCUT2D eigenvalue weighted by molar-refractivity contribution is -0.385. The predicted octanol–water partition coefficient (Wildman–Crippen LogP) is 1.37. The molecule has 0 spiro atoms. The van der Waals surface area contributed by atoms with Crippen LogP contribution in [0, 0.1) is 10.1 Å². The summed E-state index contributed by atoms with van der Waals surface area (Å²) in [5.74, 6) is 0.822. The van der Waals surface area contributed by atoms with Crippen molar-refractivity contribution in [3.63, 3.8) is 0 Å². The summed E-state index contributed by atoms with van der Waals surface area (Å²) < 4.78 is 11.3. The standard InChI is InChI=1S/C12H14N2O4S/c1-9(15)11-3-2-10(8-12(11)14(16)17)13-4-6-19(18)7-5-13/h2-3,8H,4-7H2,1H3. The van der Waals surface area contributed by atoms with E-state index in [9.17, 15) is 19.1 Å². The first-order chi connectivity index (χ1) is 8.99. The minimum Gasteiger partial charge on any atom is -0.369 e. The molecule has 0 aliphatic carbocycles. The Labute approximate surface area is 113 Å². The maximum Gasteiger partial charge on any atom is 0.282 e. The highest BCUT2D eigenvalue weighted by molar-refractivity contribution is 7.85. The minimum absolute atomic E-state index is 0.120. The highest BCUT2D eigenvalue weighted by Gasteiger charge is 2.21. The van der Waals surface area contributed by atoms with E-state index in [4.69, 9.17) is 0 Å². The van der Waals surface area contributed by atoms with Gasteiger partial charge in [-0.25, -0.2) is 0 Å². The Morgan fingerprint density at radius 3 is 2.53 bits per heavy atom. The number of hydrogen-bond donors (Lipinski definition) is 0. The number of anilines is 1. The van der Waals surface area contributed by atoms with Gasteiger partial charge in [-0.05, 0) is 19.1 Å². The molecule has 1 saturated heterocycles. The third-order valence-corrected chi connectivity index (χ3v) is 4.38. The Kier molecular flexibility index (Phi) is 3.94. The first kappa shape index (κ1) is 13.7. The lowest BCUT2D eigenvalue weighted by atomic mass is 10.1. The molecular weight excluding hydrogens is 268 g/mol. The summed E-state index contributed by atoms with van der Waals surface area (Å²) in [5, 5.41) is 11.0. The van der Waals surface area contributed by atoms with Crippen molar-refractivity contribution in [2.24, 2.45) is 0 Å². The molecule has 0 radical (unpaired) electrons. The van der Waals surface area contributed by atoms with E-state index in [1.807, 2.05) is 4.90 Å². The van der Waals surface area contributed by atoms with Crippen LogP contribution in [-0.4, -0.2) is 39.5 Å². The molecule has 1 fully saturated rings. The minimum atomic E-state index is -0.790. The van der Waals surface area contributed by atoms with Gasteiger partial charge >= 0.3 is 0 Å². The van der Waals surface area contributed by atoms with Crippen molar-refractivity contribution in [1.29, 1.82) is 0 Å². The number of nitro benzene ring substituents is 1. The van der Waals surface area contributed by atoms with Crippen molar-refractivity contribution >= 4 is 28.0 Å². The highest BCUT2D eigenvalue weighted by Crippen LogP contribution is 2.26. The molecule has 1 heterocycles. The summed E-state index contributed by atoms with van der Waals surface area (Å²) in [5.41, 5.74) is 0.652. The number of carbonyl (C=O) groups is 1. The molecule has 0 aromatic heterocycles. The van der Waals surface area contributed by atoms with Crippen LogP contribution in [0.25, 0.3) is 0 Å². The molecule has 0 saturated carbocycles. The maximum atomic E-state index is 11.3. The monoisotopic (exact) mass is 282 g/mol. The molecule has 1 aliphatic rings. The molecule has 6 nitrogen and oxygen atoms in total. The Morgan fingerprint density at radius 2 is 2.00 bits per heavy atom. The van der Waals surface area contributed by atoms with Crippen LogP contribution in [0.1, 0.15) is 17.3 Å². The van der Waals surface area contributed by atoms with Gasteiger partial charge in [0.2, 0.25) is 0 Å². The third-order valence-electron chi connectivity index (χ3n) is 3.10. The molecule has 0 atom stereocenters. The van der Waals surface area contributed by atoms with Crippen LogP contribution in [0.4, 0.5) is 11.4 Å². The maximum absolute atomic E-state index is 11.3. The number of Topliss-reactive ketones (excluding diaryl/α,β-unsaturated/α-hetero) is 1. The highest BCUT2D eigenvalue weighted by atomic mass is 32.2. The van der Waals surface area contributed by atoms with E-state index in [1.165, 1.54) is 19.1 Å². The fourth-order valence-electron chi connectivity index (χ4n) is 2.06. The number of carbonyl (C=O) groups excluding carboxylic acids is 1. The first-order valence-corrected chi connectivity index (χ1v) is 7.37. The largest absolute Gasteiger partial charge is 0.369 e. The SMILES string of the molecule is CC(=O)c1ccc(N2CCS(=O)CC2)cc1[N+](=O)[O-]. The van der Waals surface area contributed by atoms with Crippen molar-refractivity contribution in [3.8, 4) is 0 Å². The Balaban J connectivity index is 2.33. The van der Waals surface area contributed by atoms with Gasteiger partial charge in [0.05, 0.1) is 10.5 Å². The third kappa shape index (κ3) is 2.98. The van der Waals surface area contributed by atoms with Crippen LogP contribution >= 0.6 is 0 Å². The van der Waals surface area contributed by atoms with E-state index in [0.717, 1.165) is 0 Å². The summed E-state index contributed by atoms with van der Waals surface area (Å²) in [6.07, 6.45) is 0. The van der Waals surface area contributed by atoms with Gasteiger partial charge in [-0.2, -0.15) is 0 Å². The summed E-state index contributed by atoms with van der Waals surface area (Å²) in [6, 6.07) is 4.62. The van der Waals surface area contributed by atoms with E-state index in [1.54, 1.807) is 6.07 Å². The van der Waals surface area contributed by atoms with Crippen molar-refractivity contribution < 1.29 is 13.9 Å². The Morgan fingerprint density at radius 1 is 1.37 bits per heavy atom. The van der Waals surface area contributed by atoms with Crippen LogP contribution in [0.2, 0.25) is 0 Å². The van der Waals surface area contributed by atoms with Crippen molar-refractivity contribution in [1.82, 2.24) is 0 Å². The van der Waals surface area contributed by atoms with Gasteiger partial charge in [0.15, 0.2) is 5.78 Å². The Bertz CT molecular complexity index is 549. The molecule has 1 aromatic rings. The van der Waals surface area contributed by atoms with Crippen LogP contribution in [-0.2, 0) is 10.8 Å². The second-order valence-electron chi connectivity index (χ2n) is 4.35. The average Bonchev–Trinajstić information content (AvgIpc) is 2.38. The molecule has 1 aliphatic heterocycles. The molecule has 0 N–H and O–H groups in total. The van der Waals surface area contributed by atoms with Gasteiger partial charge in [-0.1, -0.05) is 0 Å². The molecule has 19 heavy (non-hydrogen) atoms. The average molecular weight is 282 g/mol.